The van der Waals surface area contributed by atoms with Crippen molar-refractivity contribution in [3.8, 4) is 0 Å². The first kappa shape index (κ1) is 19.2. The van der Waals surface area contributed by atoms with Crippen LogP contribution in [0.3, 0.4) is 0 Å². The zero-order valence-corrected chi connectivity index (χ0v) is 9.89. The second-order valence-corrected chi connectivity index (χ2v) is 4.76. The Labute approximate surface area is 94.8 Å². The second kappa shape index (κ2) is 8.01. The minimum atomic E-state index is -4.66. The lowest BCUT2D eigenvalue weighted by Gasteiger charge is -2.12. The monoisotopic (exact) mass is 298 g/mol. The number of phosphoric acid groups is 2. The Hall–Kier alpha value is -0.190. The molecule has 0 aromatic carbocycles. The molecular weight excluding hydrogens is 286 g/mol. The van der Waals surface area contributed by atoms with Gasteiger partial charge in [-0.2, -0.15) is 0 Å². The molecule has 0 aliphatic rings. The van der Waals surface area contributed by atoms with E-state index < -0.39 is 34.5 Å². The Kier molecular flexibility index (Phi) is 9.02. The second-order valence-electron chi connectivity index (χ2n) is 2.49. The molecule has 11 nitrogen and oxygen atoms in total. The molecule has 104 valence electrons. The third-order valence-electron chi connectivity index (χ3n) is 0.947. The number of carbonyl (C=O) groups excluding carboxylic acids is 1. The fourth-order valence-electron chi connectivity index (χ4n) is 0.363. The van der Waals surface area contributed by atoms with Gasteiger partial charge in [-0.3, -0.25) is 4.52 Å². The molecule has 0 radical (unpaired) electrons. The molecule has 13 heteroatoms. The van der Waals surface area contributed by atoms with Crippen LogP contribution in [0.25, 0.3) is 0 Å². The summed E-state index contributed by atoms with van der Waals surface area (Å²) in [6.45, 7) is -0.801. The SMILES string of the molecule is O=CC(O)C(O)COP(=O)(O)O.O=P(O)(O)O. The largest absolute Gasteiger partial charge is 0.469 e. The highest BCUT2D eigenvalue weighted by molar-refractivity contribution is 7.46. The Bertz CT molecular complexity index is 294. The summed E-state index contributed by atoms with van der Waals surface area (Å²) in [4.78, 5) is 47.6. The van der Waals surface area contributed by atoms with E-state index in [2.05, 4.69) is 4.52 Å². The highest BCUT2D eigenvalue weighted by Gasteiger charge is 2.21. The molecule has 0 spiro atoms. The smallest absolute Gasteiger partial charge is 0.388 e. The van der Waals surface area contributed by atoms with Crippen LogP contribution in [0.4, 0.5) is 0 Å². The maximum atomic E-state index is 10.0. The van der Waals surface area contributed by atoms with E-state index >= 15 is 0 Å². The van der Waals surface area contributed by atoms with Gasteiger partial charge in [-0.05, 0) is 0 Å². The minimum absolute atomic E-state index is 0.0354. The summed E-state index contributed by atoms with van der Waals surface area (Å²) in [7, 11) is -9.30. The maximum absolute atomic E-state index is 10.0. The van der Waals surface area contributed by atoms with Crippen molar-refractivity contribution in [3.05, 3.63) is 0 Å². The molecular formula is C4H12O11P2. The van der Waals surface area contributed by atoms with E-state index in [1.807, 2.05) is 0 Å². The van der Waals surface area contributed by atoms with Crippen molar-refractivity contribution in [1.82, 2.24) is 0 Å². The fourth-order valence-corrected chi connectivity index (χ4v) is 0.710. The van der Waals surface area contributed by atoms with E-state index in [0.29, 0.717) is 0 Å². The van der Waals surface area contributed by atoms with Gasteiger partial charge >= 0.3 is 15.6 Å². The van der Waals surface area contributed by atoms with Crippen LogP contribution >= 0.6 is 15.6 Å². The lowest BCUT2D eigenvalue weighted by Crippen LogP contribution is -2.31. The molecule has 2 unspecified atom stereocenters. The van der Waals surface area contributed by atoms with Crippen LogP contribution in [-0.4, -0.2) is 59.8 Å². The lowest BCUT2D eigenvalue weighted by atomic mass is 10.2. The molecule has 17 heavy (non-hydrogen) atoms. The van der Waals surface area contributed by atoms with Gasteiger partial charge in [0.05, 0.1) is 6.61 Å². The Balaban J connectivity index is 0. The summed E-state index contributed by atoms with van der Waals surface area (Å²) in [5, 5.41) is 17.3. The number of rotatable bonds is 5. The van der Waals surface area contributed by atoms with Gasteiger partial charge in [-0.15, -0.1) is 0 Å². The summed E-state index contributed by atoms with van der Waals surface area (Å²) in [5.74, 6) is 0. The van der Waals surface area contributed by atoms with Gasteiger partial charge in [-0.1, -0.05) is 0 Å². The number of aliphatic hydroxyl groups is 2. The maximum Gasteiger partial charge on any atom is 0.469 e. The van der Waals surface area contributed by atoms with Crippen LogP contribution < -0.4 is 0 Å². The number of aliphatic hydroxyl groups excluding tert-OH is 2. The number of phosphoric ester groups is 1. The summed E-state index contributed by atoms with van der Waals surface area (Å²) in [6, 6.07) is 0. The number of aldehydes is 1. The quantitative estimate of drug-likeness (QED) is 0.202. The zero-order valence-electron chi connectivity index (χ0n) is 8.10. The Morgan fingerprint density at radius 2 is 1.41 bits per heavy atom. The van der Waals surface area contributed by atoms with Gasteiger partial charge in [0, 0.05) is 0 Å². The number of hydrogen-bond donors (Lipinski definition) is 7. The van der Waals surface area contributed by atoms with Gasteiger partial charge in [0.2, 0.25) is 0 Å². The molecule has 0 amide bonds. The van der Waals surface area contributed by atoms with Crippen LogP contribution in [0.5, 0.6) is 0 Å². The van der Waals surface area contributed by atoms with E-state index in [1.54, 1.807) is 0 Å². The van der Waals surface area contributed by atoms with E-state index in [0.717, 1.165) is 0 Å². The standard InChI is InChI=1S/C4H9O7P.H3O4P/c5-1-3(6)4(7)2-11-12(8,9)10;1-5(2,3)4/h1,3-4,6-7H,2H2,(H2,8,9,10);(H3,1,2,3,4). The van der Waals surface area contributed by atoms with E-state index in [-0.39, 0.29) is 6.29 Å². The van der Waals surface area contributed by atoms with Crippen molar-refractivity contribution >= 4 is 21.9 Å². The van der Waals surface area contributed by atoms with Crippen molar-refractivity contribution in [2.24, 2.45) is 0 Å². The van der Waals surface area contributed by atoms with Gasteiger partial charge in [0.1, 0.15) is 12.2 Å². The van der Waals surface area contributed by atoms with Crippen LogP contribution in [0, 0.1) is 0 Å². The topological polar surface area (TPSA) is 202 Å². The molecule has 0 rings (SSSR count). The number of hydrogen-bond acceptors (Lipinski definition) is 6. The normalized spacial score (nSPS) is 15.5. The minimum Gasteiger partial charge on any atom is -0.388 e. The first-order chi connectivity index (χ1) is 7.37. The molecule has 7 N–H and O–H groups in total. The zero-order chi connectivity index (χ0) is 14.3. The predicted molar refractivity (Wildman–Crippen MR) is 50.3 cm³/mol. The molecule has 0 aliphatic carbocycles. The van der Waals surface area contributed by atoms with Crippen molar-refractivity contribution in [2.45, 2.75) is 12.2 Å². The van der Waals surface area contributed by atoms with Gasteiger partial charge in [0.15, 0.2) is 6.29 Å². The van der Waals surface area contributed by atoms with Crippen molar-refractivity contribution in [1.29, 1.82) is 0 Å². The fraction of sp³-hybridized carbons (Fsp3) is 0.750. The van der Waals surface area contributed by atoms with Crippen molar-refractivity contribution in [2.75, 3.05) is 6.61 Å². The van der Waals surface area contributed by atoms with Crippen molar-refractivity contribution < 1.29 is 53.1 Å². The van der Waals surface area contributed by atoms with Crippen LogP contribution in [0.1, 0.15) is 0 Å². The van der Waals surface area contributed by atoms with Crippen LogP contribution in [-0.2, 0) is 18.4 Å². The summed E-state index contributed by atoms with van der Waals surface area (Å²) < 4.78 is 22.7. The molecule has 0 heterocycles. The average molecular weight is 298 g/mol. The molecule has 0 aromatic heterocycles. The molecule has 0 aliphatic heterocycles. The van der Waals surface area contributed by atoms with Gasteiger partial charge in [0.25, 0.3) is 0 Å². The van der Waals surface area contributed by atoms with Crippen LogP contribution in [0.15, 0.2) is 0 Å². The average Bonchev–Trinajstić information content (AvgIpc) is 2.09. The van der Waals surface area contributed by atoms with E-state index in [9.17, 15) is 9.36 Å². The third kappa shape index (κ3) is 21.6. The highest BCUT2D eigenvalue weighted by atomic mass is 31.2. The Morgan fingerprint density at radius 1 is 1.06 bits per heavy atom. The first-order valence-electron chi connectivity index (χ1n) is 3.66. The molecule has 0 aromatic rings. The molecule has 0 saturated carbocycles. The first-order valence-corrected chi connectivity index (χ1v) is 6.76. The lowest BCUT2D eigenvalue weighted by molar-refractivity contribution is -0.121. The van der Waals surface area contributed by atoms with E-state index in [4.69, 9.17) is 39.2 Å². The molecule has 0 fully saturated rings. The molecule has 0 bridgehead atoms. The Morgan fingerprint density at radius 3 is 1.65 bits per heavy atom. The van der Waals surface area contributed by atoms with Crippen LogP contribution in [0.2, 0.25) is 0 Å². The summed E-state index contributed by atoms with van der Waals surface area (Å²) >= 11 is 0. The predicted octanol–water partition coefficient (Wildman–Crippen LogP) is -2.91. The van der Waals surface area contributed by atoms with Gasteiger partial charge in [-0.25, -0.2) is 9.13 Å². The molecule has 0 saturated heterocycles. The summed E-state index contributed by atoms with van der Waals surface area (Å²) in [6.07, 6.45) is -3.29. The summed E-state index contributed by atoms with van der Waals surface area (Å²) in [5.41, 5.74) is 0. The number of carbonyl (C=O) groups is 1. The van der Waals surface area contributed by atoms with Gasteiger partial charge < -0.3 is 39.5 Å². The van der Waals surface area contributed by atoms with E-state index in [1.165, 1.54) is 0 Å². The molecule has 2 atom stereocenters. The third-order valence-corrected chi connectivity index (χ3v) is 1.43. The van der Waals surface area contributed by atoms with Crippen molar-refractivity contribution in [3.63, 3.8) is 0 Å². The highest BCUT2D eigenvalue weighted by Crippen LogP contribution is 2.35.